The second-order valence-corrected chi connectivity index (χ2v) is 5.88. The average molecular weight is 362 g/mol. The van der Waals surface area contributed by atoms with Gasteiger partial charge in [0.25, 0.3) is 0 Å². The summed E-state index contributed by atoms with van der Waals surface area (Å²) in [4.78, 5) is 16.1. The highest BCUT2D eigenvalue weighted by Gasteiger charge is 2.12. The van der Waals surface area contributed by atoms with Crippen molar-refractivity contribution in [2.24, 2.45) is 0 Å². The number of ether oxygens (including phenoxy) is 1. The summed E-state index contributed by atoms with van der Waals surface area (Å²) >= 11 is 11.8. The molecule has 1 aromatic heterocycles. The fourth-order valence-electron chi connectivity index (χ4n) is 2.10. The van der Waals surface area contributed by atoms with E-state index < -0.39 is 5.97 Å². The van der Waals surface area contributed by atoms with Crippen LogP contribution in [0.5, 0.6) is 5.75 Å². The first kappa shape index (κ1) is 16.6. The van der Waals surface area contributed by atoms with Crippen LogP contribution in [0.4, 0.5) is 0 Å². The highest BCUT2D eigenvalue weighted by molar-refractivity contribution is 6.34. The number of hydrogen-bond donors (Lipinski definition) is 0. The number of aromatic nitrogens is 1. The Bertz CT molecular complexity index is 846. The molecule has 0 bridgehead atoms. The molecule has 0 radical (unpaired) electrons. The minimum absolute atomic E-state index is 0.123. The van der Waals surface area contributed by atoms with Gasteiger partial charge in [0.2, 0.25) is 0 Å². The number of halogens is 2. The molecule has 0 spiro atoms. The topological polar surface area (TPSA) is 52.3 Å². The Morgan fingerprint density at radius 2 is 1.92 bits per heavy atom. The zero-order valence-corrected chi connectivity index (χ0v) is 14.1. The second kappa shape index (κ2) is 7.51. The maximum Gasteiger partial charge on any atom is 0.311 e. The molecule has 0 aliphatic rings. The Kier molecular flexibility index (Phi) is 5.18. The molecule has 0 aliphatic carbocycles. The Morgan fingerprint density at radius 1 is 1.12 bits per heavy atom. The van der Waals surface area contributed by atoms with E-state index in [4.69, 9.17) is 32.4 Å². The normalized spacial score (nSPS) is 10.6. The molecule has 24 heavy (non-hydrogen) atoms. The Balaban J connectivity index is 1.59. The SMILES string of the molecule is O=C(CCc1ncc(-c2ccccc2)o1)Oc1cc(Cl)ccc1Cl. The van der Waals surface area contributed by atoms with Gasteiger partial charge >= 0.3 is 5.97 Å². The first-order valence-electron chi connectivity index (χ1n) is 7.27. The van der Waals surface area contributed by atoms with Gasteiger partial charge in [0.15, 0.2) is 17.4 Å². The molecular formula is C18H13Cl2NO3. The molecule has 6 heteroatoms. The van der Waals surface area contributed by atoms with Gasteiger partial charge in [0.1, 0.15) is 0 Å². The van der Waals surface area contributed by atoms with Gasteiger partial charge in [-0.1, -0.05) is 53.5 Å². The van der Waals surface area contributed by atoms with Gasteiger partial charge in [-0.3, -0.25) is 4.79 Å². The molecule has 0 aliphatic heterocycles. The maximum absolute atomic E-state index is 11.9. The molecule has 122 valence electrons. The van der Waals surface area contributed by atoms with Crippen molar-refractivity contribution in [3.63, 3.8) is 0 Å². The minimum atomic E-state index is -0.432. The Morgan fingerprint density at radius 3 is 2.71 bits per heavy atom. The monoisotopic (exact) mass is 361 g/mol. The third-order valence-corrected chi connectivity index (χ3v) is 3.82. The van der Waals surface area contributed by atoms with Crippen molar-refractivity contribution < 1.29 is 13.9 Å². The molecule has 3 rings (SSSR count). The standard InChI is InChI=1S/C18H13Cl2NO3/c19-13-6-7-14(20)15(10-13)24-18(22)9-8-17-21-11-16(23-17)12-4-2-1-3-5-12/h1-7,10-11H,8-9H2. The number of aryl methyl sites for hydroxylation is 1. The Hall–Kier alpha value is -2.30. The quantitative estimate of drug-likeness (QED) is 0.463. The summed E-state index contributed by atoms with van der Waals surface area (Å²) < 4.78 is 10.9. The molecule has 1 heterocycles. The molecule has 0 amide bonds. The molecule has 3 aromatic rings. The van der Waals surface area contributed by atoms with E-state index in [0.717, 1.165) is 5.56 Å². The fraction of sp³-hybridized carbons (Fsp3) is 0.111. The van der Waals surface area contributed by atoms with E-state index in [1.54, 1.807) is 18.3 Å². The highest BCUT2D eigenvalue weighted by Crippen LogP contribution is 2.28. The van der Waals surface area contributed by atoms with Gasteiger partial charge < -0.3 is 9.15 Å². The van der Waals surface area contributed by atoms with E-state index in [9.17, 15) is 4.79 Å². The number of nitrogens with zero attached hydrogens (tertiary/aromatic N) is 1. The average Bonchev–Trinajstić information content (AvgIpc) is 3.06. The van der Waals surface area contributed by atoms with Gasteiger partial charge in [-0.05, 0) is 12.1 Å². The van der Waals surface area contributed by atoms with Crippen LogP contribution in [0.3, 0.4) is 0 Å². The lowest BCUT2D eigenvalue weighted by Crippen LogP contribution is -2.09. The van der Waals surface area contributed by atoms with E-state index in [-0.39, 0.29) is 12.2 Å². The van der Waals surface area contributed by atoms with Crippen molar-refractivity contribution in [3.8, 4) is 17.1 Å². The van der Waals surface area contributed by atoms with Crippen molar-refractivity contribution in [1.29, 1.82) is 0 Å². The van der Waals surface area contributed by atoms with Crippen LogP contribution in [-0.2, 0) is 11.2 Å². The van der Waals surface area contributed by atoms with Gasteiger partial charge in [0, 0.05) is 23.1 Å². The molecule has 0 saturated heterocycles. The van der Waals surface area contributed by atoms with Crippen LogP contribution in [0, 0.1) is 0 Å². The van der Waals surface area contributed by atoms with Crippen LogP contribution >= 0.6 is 23.2 Å². The van der Waals surface area contributed by atoms with Crippen LogP contribution in [-0.4, -0.2) is 11.0 Å². The summed E-state index contributed by atoms with van der Waals surface area (Å²) in [6, 6.07) is 14.3. The van der Waals surface area contributed by atoms with Crippen molar-refractivity contribution in [3.05, 3.63) is 70.7 Å². The smallest absolute Gasteiger partial charge is 0.311 e. The van der Waals surface area contributed by atoms with Gasteiger partial charge in [0.05, 0.1) is 17.6 Å². The van der Waals surface area contributed by atoms with Crippen molar-refractivity contribution >= 4 is 29.2 Å². The van der Waals surface area contributed by atoms with E-state index in [1.165, 1.54) is 6.07 Å². The molecular weight excluding hydrogens is 349 g/mol. The van der Waals surface area contributed by atoms with Crippen molar-refractivity contribution in [1.82, 2.24) is 4.98 Å². The number of carbonyl (C=O) groups excluding carboxylic acids is 1. The van der Waals surface area contributed by atoms with Gasteiger partial charge in [-0.25, -0.2) is 4.98 Å². The predicted molar refractivity (Wildman–Crippen MR) is 92.4 cm³/mol. The van der Waals surface area contributed by atoms with E-state index in [2.05, 4.69) is 4.98 Å². The zero-order chi connectivity index (χ0) is 16.9. The molecule has 2 aromatic carbocycles. The lowest BCUT2D eigenvalue weighted by atomic mass is 10.2. The van der Waals surface area contributed by atoms with E-state index >= 15 is 0 Å². The van der Waals surface area contributed by atoms with E-state index in [0.29, 0.717) is 28.1 Å². The number of rotatable bonds is 5. The molecule has 0 N–H and O–H groups in total. The summed E-state index contributed by atoms with van der Waals surface area (Å²) in [7, 11) is 0. The van der Waals surface area contributed by atoms with E-state index in [1.807, 2.05) is 30.3 Å². The zero-order valence-electron chi connectivity index (χ0n) is 12.5. The lowest BCUT2D eigenvalue weighted by molar-refractivity contribution is -0.134. The maximum atomic E-state index is 11.9. The van der Waals surface area contributed by atoms with Crippen molar-refractivity contribution in [2.75, 3.05) is 0 Å². The Labute approximate surface area is 149 Å². The fourth-order valence-corrected chi connectivity index (χ4v) is 2.42. The minimum Gasteiger partial charge on any atom is -0.441 e. The van der Waals surface area contributed by atoms with Crippen molar-refractivity contribution in [2.45, 2.75) is 12.8 Å². The molecule has 0 fully saturated rings. The van der Waals surface area contributed by atoms with Crippen LogP contribution in [0.1, 0.15) is 12.3 Å². The first-order valence-corrected chi connectivity index (χ1v) is 8.03. The predicted octanol–water partition coefficient (Wildman–Crippen LogP) is 5.19. The van der Waals surface area contributed by atoms with Crippen LogP contribution in [0.25, 0.3) is 11.3 Å². The molecule has 4 nitrogen and oxygen atoms in total. The summed E-state index contributed by atoms with van der Waals surface area (Å²) in [5, 5.41) is 0.776. The van der Waals surface area contributed by atoms with Crippen LogP contribution in [0.2, 0.25) is 10.0 Å². The molecule has 0 atom stereocenters. The summed E-state index contributed by atoms with van der Waals surface area (Å²) in [5.74, 6) is 0.949. The first-order chi connectivity index (χ1) is 11.6. The summed E-state index contributed by atoms with van der Waals surface area (Å²) in [6.07, 6.45) is 2.10. The third-order valence-electron chi connectivity index (χ3n) is 3.27. The summed E-state index contributed by atoms with van der Waals surface area (Å²) in [5.41, 5.74) is 0.935. The number of benzene rings is 2. The third kappa shape index (κ3) is 4.16. The lowest BCUT2D eigenvalue weighted by Gasteiger charge is -2.05. The number of esters is 1. The van der Waals surface area contributed by atoms with Gasteiger partial charge in [-0.2, -0.15) is 0 Å². The molecule has 0 unspecified atom stereocenters. The van der Waals surface area contributed by atoms with Crippen LogP contribution in [0.15, 0.2) is 59.1 Å². The second-order valence-electron chi connectivity index (χ2n) is 5.03. The highest BCUT2D eigenvalue weighted by atomic mass is 35.5. The number of hydrogen-bond acceptors (Lipinski definition) is 4. The van der Waals surface area contributed by atoms with Gasteiger partial charge in [-0.15, -0.1) is 0 Å². The van der Waals surface area contributed by atoms with Crippen LogP contribution < -0.4 is 4.74 Å². The number of oxazole rings is 1. The number of carbonyl (C=O) groups is 1. The largest absolute Gasteiger partial charge is 0.441 e. The molecule has 0 saturated carbocycles. The summed E-state index contributed by atoms with van der Waals surface area (Å²) in [6.45, 7) is 0.